The minimum atomic E-state index is 0.531. The zero-order valence-corrected chi connectivity index (χ0v) is 6.08. The molecule has 58 valence electrons. The normalized spacial score (nSPS) is 20.4. The molecule has 0 aromatic heterocycles. The van der Waals surface area contributed by atoms with Crippen LogP contribution in [0.2, 0.25) is 0 Å². The lowest BCUT2D eigenvalue weighted by Crippen LogP contribution is -2.11. The Morgan fingerprint density at radius 1 is 1.30 bits per heavy atom. The van der Waals surface area contributed by atoms with Crippen LogP contribution in [0, 0.1) is 10.8 Å². The van der Waals surface area contributed by atoms with E-state index in [-0.39, 0.29) is 0 Å². The first-order chi connectivity index (χ1) is 4.93. The van der Waals surface area contributed by atoms with Gasteiger partial charge in [-0.25, -0.2) is 0 Å². The van der Waals surface area contributed by atoms with Gasteiger partial charge in [-0.3, -0.25) is 0 Å². The highest BCUT2D eigenvalue weighted by atomic mass is 16.7. The lowest BCUT2D eigenvalue weighted by atomic mass is 9.90. The van der Waals surface area contributed by atoms with Crippen LogP contribution in [-0.2, 0) is 4.84 Å². The molecule has 0 heterocycles. The van der Waals surface area contributed by atoms with Gasteiger partial charge in [0.25, 0.3) is 0 Å². The molecule has 3 nitrogen and oxygen atoms in total. The maximum Gasteiger partial charge on any atom is 0.155 e. The summed E-state index contributed by atoms with van der Waals surface area (Å²) in [5.41, 5.74) is 0. The molecule has 10 heavy (non-hydrogen) atoms. The van der Waals surface area contributed by atoms with Crippen LogP contribution in [0.4, 0.5) is 0 Å². The Balaban J connectivity index is 2.07. The molecule has 1 aliphatic rings. The quantitative estimate of drug-likeness (QED) is 0.449. The van der Waals surface area contributed by atoms with E-state index in [4.69, 9.17) is 0 Å². The van der Waals surface area contributed by atoms with Crippen LogP contribution >= 0.6 is 0 Å². The molecule has 0 atom stereocenters. The third-order valence-corrected chi connectivity index (χ3v) is 2.09. The van der Waals surface area contributed by atoms with E-state index in [1.807, 2.05) is 0 Å². The monoisotopic (exact) mass is 143 g/mol. The molecule has 0 aliphatic heterocycles. The molecular formula is C7H13NO2. The van der Waals surface area contributed by atoms with Crippen LogP contribution in [0.25, 0.3) is 0 Å². The second-order valence-corrected chi connectivity index (χ2v) is 2.87. The molecule has 0 aromatic carbocycles. The third-order valence-electron chi connectivity index (χ3n) is 2.09. The van der Waals surface area contributed by atoms with Gasteiger partial charge in [-0.15, -0.1) is 4.91 Å². The van der Waals surface area contributed by atoms with Gasteiger partial charge in [0.15, 0.2) is 5.34 Å². The summed E-state index contributed by atoms with van der Waals surface area (Å²) >= 11 is 0. The van der Waals surface area contributed by atoms with E-state index in [2.05, 4.69) is 10.2 Å². The first-order valence-electron chi connectivity index (χ1n) is 3.88. The van der Waals surface area contributed by atoms with Crippen molar-refractivity contribution in [2.24, 2.45) is 11.3 Å². The van der Waals surface area contributed by atoms with E-state index in [0.717, 1.165) is 0 Å². The summed E-state index contributed by atoms with van der Waals surface area (Å²) in [6.07, 6.45) is 6.32. The standard InChI is InChI=1S/C7H13NO2/c9-8-10-6-7-4-2-1-3-5-7/h7H,1-6H2. The fraction of sp³-hybridized carbons (Fsp3) is 1.00. The SMILES string of the molecule is O=NOCC1CCCCC1. The fourth-order valence-electron chi connectivity index (χ4n) is 1.49. The maximum absolute atomic E-state index is 9.58. The molecule has 1 aliphatic carbocycles. The minimum absolute atomic E-state index is 0.531. The molecule has 1 saturated carbocycles. The molecule has 0 unspecified atom stereocenters. The summed E-state index contributed by atoms with van der Waals surface area (Å²) in [6, 6.07) is 0. The molecule has 1 fully saturated rings. The zero-order chi connectivity index (χ0) is 7.23. The van der Waals surface area contributed by atoms with Crippen molar-refractivity contribution >= 4 is 0 Å². The molecule has 0 amide bonds. The van der Waals surface area contributed by atoms with Gasteiger partial charge in [0.2, 0.25) is 0 Å². The van der Waals surface area contributed by atoms with E-state index in [9.17, 15) is 4.91 Å². The topological polar surface area (TPSA) is 38.7 Å². The Morgan fingerprint density at radius 2 is 2.00 bits per heavy atom. The van der Waals surface area contributed by atoms with Crippen molar-refractivity contribution in [3.8, 4) is 0 Å². The van der Waals surface area contributed by atoms with E-state index in [1.54, 1.807) is 0 Å². The first-order valence-corrected chi connectivity index (χ1v) is 3.88. The Kier molecular flexibility index (Phi) is 3.19. The van der Waals surface area contributed by atoms with Crippen molar-refractivity contribution in [3.63, 3.8) is 0 Å². The van der Waals surface area contributed by atoms with Crippen LogP contribution in [0.5, 0.6) is 0 Å². The predicted molar refractivity (Wildman–Crippen MR) is 38.3 cm³/mol. The lowest BCUT2D eigenvalue weighted by Gasteiger charge is -2.18. The molecule has 0 radical (unpaired) electrons. The number of hydrogen-bond acceptors (Lipinski definition) is 3. The smallest absolute Gasteiger partial charge is 0.155 e. The van der Waals surface area contributed by atoms with Gasteiger partial charge in [0, 0.05) is 0 Å². The Bertz CT molecular complexity index is 99.8. The average molecular weight is 143 g/mol. The molecule has 0 aromatic rings. The number of nitrogens with zero attached hydrogens (tertiary/aromatic N) is 1. The predicted octanol–water partition coefficient (Wildman–Crippen LogP) is 2.26. The Hall–Kier alpha value is -0.600. The second-order valence-electron chi connectivity index (χ2n) is 2.87. The van der Waals surface area contributed by atoms with Gasteiger partial charge >= 0.3 is 0 Å². The molecule has 1 rings (SSSR count). The van der Waals surface area contributed by atoms with Crippen LogP contribution in [0.15, 0.2) is 5.34 Å². The van der Waals surface area contributed by atoms with Crippen LogP contribution in [0.1, 0.15) is 32.1 Å². The highest BCUT2D eigenvalue weighted by Crippen LogP contribution is 2.23. The van der Waals surface area contributed by atoms with Crippen molar-refractivity contribution in [2.45, 2.75) is 32.1 Å². The molecular weight excluding hydrogens is 130 g/mol. The average Bonchev–Trinajstić information content (AvgIpc) is 2.03. The van der Waals surface area contributed by atoms with Crippen molar-refractivity contribution in [2.75, 3.05) is 6.61 Å². The molecule has 0 spiro atoms. The zero-order valence-electron chi connectivity index (χ0n) is 6.08. The summed E-state index contributed by atoms with van der Waals surface area (Å²) < 4.78 is 0. The van der Waals surface area contributed by atoms with Crippen molar-refractivity contribution in [1.82, 2.24) is 0 Å². The third kappa shape index (κ3) is 2.33. The van der Waals surface area contributed by atoms with Gasteiger partial charge in [0.1, 0.15) is 6.61 Å². The van der Waals surface area contributed by atoms with E-state index >= 15 is 0 Å². The van der Waals surface area contributed by atoms with E-state index < -0.39 is 0 Å². The molecule has 0 saturated heterocycles. The molecule has 0 N–H and O–H groups in total. The van der Waals surface area contributed by atoms with Gasteiger partial charge in [-0.2, -0.15) is 0 Å². The fourth-order valence-corrected chi connectivity index (χ4v) is 1.49. The summed E-state index contributed by atoms with van der Waals surface area (Å²) in [7, 11) is 0. The van der Waals surface area contributed by atoms with Gasteiger partial charge in [0.05, 0.1) is 0 Å². The number of hydrogen-bond donors (Lipinski definition) is 0. The summed E-state index contributed by atoms with van der Waals surface area (Å²) in [5.74, 6) is 0.589. The van der Waals surface area contributed by atoms with Crippen LogP contribution < -0.4 is 0 Å². The van der Waals surface area contributed by atoms with Crippen molar-refractivity contribution in [3.05, 3.63) is 4.91 Å². The van der Waals surface area contributed by atoms with Crippen molar-refractivity contribution < 1.29 is 4.84 Å². The largest absolute Gasteiger partial charge is 0.364 e. The van der Waals surface area contributed by atoms with Crippen molar-refractivity contribution in [1.29, 1.82) is 0 Å². The highest BCUT2D eigenvalue weighted by molar-refractivity contribution is 4.64. The summed E-state index contributed by atoms with van der Waals surface area (Å²) in [5, 5.41) is 2.38. The highest BCUT2D eigenvalue weighted by Gasteiger charge is 2.13. The maximum atomic E-state index is 9.58. The van der Waals surface area contributed by atoms with Crippen LogP contribution in [-0.4, -0.2) is 6.61 Å². The lowest BCUT2D eigenvalue weighted by molar-refractivity contribution is 0.0881. The Morgan fingerprint density at radius 3 is 2.60 bits per heavy atom. The molecule has 3 heteroatoms. The van der Waals surface area contributed by atoms with Gasteiger partial charge < -0.3 is 4.84 Å². The summed E-state index contributed by atoms with van der Waals surface area (Å²) in [6.45, 7) is 0.531. The molecule has 0 bridgehead atoms. The minimum Gasteiger partial charge on any atom is -0.364 e. The number of rotatable bonds is 3. The summed E-state index contributed by atoms with van der Waals surface area (Å²) in [4.78, 5) is 14.0. The Labute approximate surface area is 60.7 Å². The van der Waals surface area contributed by atoms with E-state index in [1.165, 1.54) is 32.1 Å². The van der Waals surface area contributed by atoms with E-state index in [0.29, 0.717) is 12.5 Å². The van der Waals surface area contributed by atoms with Gasteiger partial charge in [-0.1, -0.05) is 19.3 Å². The van der Waals surface area contributed by atoms with Crippen LogP contribution in [0.3, 0.4) is 0 Å². The van der Waals surface area contributed by atoms with Gasteiger partial charge in [-0.05, 0) is 18.8 Å². The second kappa shape index (κ2) is 4.25. The first kappa shape index (κ1) is 7.51.